The van der Waals surface area contributed by atoms with Crippen molar-refractivity contribution in [2.75, 3.05) is 0 Å². The first kappa shape index (κ1) is 4.34. The lowest BCUT2D eigenvalue weighted by Crippen LogP contribution is -1.70. The average molecular weight is 79.2 g/mol. The Balaban J connectivity index is 2.86. The van der Waals surface area contributed by atoms with E-state index >= 15 is 0 Å². The molecule has 0 unspecified atom stereocenters. The van der Waals surface area contributed by atoms with E-state index in [0.717, 1.165) is 0 Å². The topological polar surface area (TPSA) is 0 Å². The van der Waals surface area contributed by atoms with Crippen molar-refractivity contribution in [2.45, 2.75) is 0 Å². The quantitative estimate of drug-likeness (QED) is 0.274. The van der Waals surface area contributed by atoms with Gasteiger partial charge in [0, 0.05) is 0 Å². The minimum Gasteiger partial charge on any atom is -0.127 e. The Morgan fingerprint density at radius 2 is 1.60 bits per heavy atom. The second-order valence-electron chi connectivity index (χ2n) is 0.478. The van der Waals surface area contributed by atoms with Crippen molar-refractivity contribution in [3.63, 3.8) is 0 Å². The Morgan fingerprint density at radius 3 is 1.60 bits per heavy atom. The first-order valence-corrected chi connectivity index (χ1v) is 2.31. The Kier molecular flexibility index (Phi) is 2.89. The molecule has 0 fully saturated rings. The van der Waals surface area contributed by atoms with E-state index in [9.17, 15) is 0 Å². The van der Waals surface area contributed by atoms with Gasteiger partial charge in [-0.2, -0.15) is 0 Å². The Labute approximate surface area is 34.4 Å². The van der Waals surface area contributed by atoms with Crippen molar-refractivity contribution in [1.82, 2.24) is 0 Å². The third kappa shape index (κ3) is 3.34. The molecule has 1 radical (unpaired) electrons. The van der Waals surface area contributed by atoms with E-state index in [0.29, 0.717) is 0 Å². The SMILES string of the molecule is C#C[SiH]C#C. The molecule has 0 aliphatic rings. The van der Waals surface area contributed by atoms with E-state index in [1.54, 1.807) is 0 Å². The Morgan fingerprint density at radius 1 is 1.20 bits per heavy atom. The van der Waals surface area contributed by atoms with Gasteiger partial charge in [-0.05, 0) is 0 Å². The summed E-state index contributed by atoms with van der Waals surface area (Å²) < 4.78 is 0. The molecule has 0 aromatic heterocycles. The molecule has 23 valence electrons. The zero-order valence-electron chi connectivity index (χ0n) is 2.73. The summed E-state index contributed by atoms with van der Waals surface area (Å²) in [5, 5.41) is 0. The normalized spacial score (nSPS) is 4.40. The van der Waals surface area contributed by atoms with Gasteiger partial charge in [0.25, 0.3) is 0 Å². The maximum absolute atomic E-state index is 4.78. The second-order valence-corrected chi connectivity index (χ2v) is 1.43. The molecule has 0 spiro atoms. The van der Waals surface area contributed by atoms with E-state index in [-0.39, 0.29) is 9.52 Å². The van der Waals surface area contributed by atoms with Crippen molar-refractivity contribution >= 4 is 9.52 Å². The smallest absolute Gasteiger partial charge is 0.127 e. The van der Waals surface area contributed by atoms with E-state index in [1.165, 1.54) is 0 Å². The molecule has 0 saturated heterocycles. The summed E-state index contributed by atoms with van der Waals surface area (Å²) in [5.74, 6) is 0. The molecular formula is C4H3Si. The molecule has 5 heavy (non-hydrogen) atoms. The van der Waals surface area contributed by atoms with Gasteiger partial charge in [-0.25, -0.2) is 0 Å². The second kappa shape index (κ2) is 3.34. The summed E-state index contributed by atoms with van der Waals surface area (Å²) in [7, 11) is -0.130. The average Bonchev–Trinajstić information content (AvgIpc) is 1.41. The van der Waals surface area contributed by atoms with Crippen LogP contribution < -0.4 is 0 Å². The predicted molar refractivity (Wildman–Crippen MR) is 24.8 cm³/mol. The first-order valence-electron chi connectivity index (χ1n) is 1.15. The standard InChI is InChI=1S/C4H3Si/c1-3-5-4-2/h1-2,5H. The van der Waals surface area contributed by atoms with Crippen LogP contribution in [0.3, 0.4) is 0 Å². The molecule has 1 heteroatoms. The fourth-order valence-electron chi connectivity index (χ4n) is 0.0481. The lowest BCUT2D eigenvalue weighted by atomic mass is 11.4. The molecule has 0 saturated carbocycles. The third-order valence-corrected chi connectivity index (χ3v) is 0.500. The van der Waals surface area contributed by atoms with Gasteiger partial charge in [0.05, 0.1) is 0 Å². The highest BCUT2D eigenvalue weighted by molar-refractivity contribution is 6.54. The molecule has 0 aromatic carbocycles. The molecule has 0 rings (SSSR count). The van der Waals surface area contributed by atoms with E-state index in [1.807, 2.05) is 0 Å². The van der Waals surface area contributed by atoms with Crippen molar-refractivity contribution in [1.29, 1.82) is 0 Å². The molecule has 0 aliphatic carbocycles. The van der Waals surface area contributed by atoms with Crippen molar-refractivity contribution in [3.05, 3.63) is 0 Å². The lowest BCUT2D eigenvalue weighted by Gasteiger charge is -1.52. The van der Waals surface area contributed by atoms with Gasteiger partial charge in [0.2, 0.25) is 9.52 Å². The van der Waals surface area contributed by atoms with Crippen molar-refractivity contribution in [2.24, 2.45) is 0 Å². The first-order chi connectivity index (χ1) is 2.41. The van der Waals surface area contributed by atoms with Crippen LogP contribution in [-0.4, -0.2) is 9.52 Å². The van der Waals surface area contributed by atoms with Crippen molar-refractivity contribution < 1.29 is 0 Å². The fraction of sp³-hybridized carbons (Fsp3) is 0. The molecule has 0 heterocycles. The van der Waals surface area contributed by atoms with Crippen LogP contribution >= 0.6 is 0 Å². The van der Waals surface area contributed by atoms with Crippen LogP contribution in [0.4, 0.5) is 0 Å². The van der Waals surface area contributed by atoms with Crippen molar-refractivity contribution in [3.8, 4) is 23.9 Å². The summed E-state index contributed by atoms with van der Waals surface area (Å²) in [6, 6.07) is 0. The van der Waals surface area contributed by atoms with E-state index in [4.69, 9.17) is 12.8 Å². The highest BCUT2D eigenvalue weighted by Gasteiger charge is 1.56. The Bertz CT molecular complexity index is 68.8. The highest BCUT2D eigenvalue weighted by atomic mass is 28.2. The fourth-order valence-corrected chi connectivity index (χ4v) is 0.144. The number of rotatable bonds is 0. The monoisotopic (exact) mass is 79.0 g/mol. The summed E-state index contributed by atoms with van der Waals surface area (Å²) in [6.07, 6.45) is 9.57. The molecule has 0 bridgehead atoms. The molecule has 0 aromatic rings. The van der Waals surface area contributed by atoms with Crippen LogP contribution in [0.25, 0.3) is 0 Å². The zero-order valence-corrected chi connectivity index (χ0v) is 3.89. The predicted octanol–water partition coefficient (Wildman–Crippen LogP) is -0.396. The summed E-state index contributed by atoms with van der Waals surface area (Å²) in [4.78, 5) is 0. The number of hydrogen-bond acceptors (Lipinski definition) is 0. The maximum atomic E-state index is 4.78. The van der Waals surface area contributed by atoms with Gasteiger partial charge in [-0.1, -0.05) is 0 Å². The van der Waals surface area contributed by atoms with Gasteiger partial charge in [-0.3, -0.25) is 0 Å². The van der Waals surface area contributed by atoms with Crippen LogP contribution in [0, 0.1) is 23.9 Å². The molecule has 0 nitrogen and oxygen atoms in total. The summed E-state index contributed by atoms with van der Waals surface area (Å²) >= 11 is 0. The molecular weight excluding hydrogens is 76.1 g/mol. The molecule has 0 N–H and O–H groups in total. The van der Waals surface area contributed by atoms with Gasteiger partial charge >= 0.3 is 0 Å². The molecule has 0 aliphatic heterocycles. The van der Waals surface area contributed by atoms with Crippen LogP contribution in [0.15, 0.2) is 0 Å². The van der Waals surface area contributed by atoms with Gasteiger partial charge < -0.3 is 0 Å². The van der Waals surface area contributed by atoms with Gasteiger partial charge in [-0.15, -0.1) is 23.9 Å². The van der Waals surface area contributed by atoms with Crippen LogP contribution in [0.2, 0.25) is 0 Å². The summed E-state index contributed by atoms with van der Waals surface area (Å²) in [5.41, 5.74) is 4.73. The van der Waals surface area contributed by atoms with Crippen LogP contribution in [0.5, 0.6) is 0 Å². The van der Waals surface area contributed by atoms with E-state index in [2.05, 4.69) is 11.1 Å². The number of terminal acetylenes is 2. The van der Waals surface area contributed by atoms with Gasteiger partial charge in [0.15, 0.2) is 0 Å². The zero-order chi connectivity index (χ0) is 4.12. The largest absolute Gasteiger partial charge is 0.215 e. The third-order valence-electron chi connectivity index (χ3n) is 0.167. The number of hydrogen-bond donors (Lipinski definition) is 0. The molecule has 0 atom stereocenters. The van der Waals surface area contributed by atoms with Crippen LogP contribution in [-0.2, 0) is 0 Å². The maximum Gasteiger partial charge on any atom is 0.215 e. The van der Waals surface area contributed by atoms with Crippen LogP contribution in [0.1, 0.15) is 0 Å². The Hall–Kier alpha value is -0.663. The minimum atomic E-state index is -0.130. The van der Waals surface area contributed by atoms with E-state index < -0.39 is 0 Å². The highest BCUT2D eigenvalue weighted by Crippen LogP contribution is 1.38. The molecule has 0 amide bonds. The van der Waals surface area contributed by atoms with Gasteiger partial charge in [0.1, 0.15) is 0 Å². The lowest BCUT2D eigenvalue weighted by molar-refractivity contribution is 2.87. The minimum absolute atomic E-state index is 0.130. The summed E-state index contributed by atoms with van der Waals surface area (Å²) in [6.45, 7) is 0.